The van der Waals surface area contributed by atoms with Gasteiger partial charge in [0.05, 0.1) is 40.3 Å². The molecule has 0 saturated heterocycles. The van der Waals surface area contributed by atoms with Crippen LogP contribution in [0.3, 0.4) is 0 Å². The second-order valence-electron chi connectivity index (χ2n) is 23.8. The lowest BCUT2D eigenvalue weighted by Gasteiger charge is -2.34. The fourth-order valence-corrected chi connectivity index (χ4v) is 24.1. The van der Waals surface area contributed by atoms with Gasteiger partial charge in [-0.25, -0.2) is 4.85 Å². The summed E-state index contributed by atoms with van der Waals surface area (Å²) in [6, 6.07) is 131. The topological polar surface area (TPSA) is 50.5 Å². The lowest BCUT2D eigenvalue weighted by Crippen LogP contribution is -2.74. The minimum atomic E-state index is -2.99. The molecule has 0 fully saturated rings. The molecule has 0 spiro atoms. The van der Waals surface area contributed by atoms with Crippen molar-refractivity contribution in [2.45, 2.75) is 0 Å². The second kappa shape index (κ2) is 24.1. The van der Waals surface area contributed by atoms with Gasteiger partial charge in [0.15, 0.2) is 21.8 Å². The monoisotopic (exact) mass is 1230 g/mol. The first-order valence-corrected chi connectivity index (χ1v) is 35.6. The minimum Gasteiger partial charge on any atom is -0.457 e. The molecule has 14 aromatic carbocycles. The zero-order valence-electron chi connectivity index (χ0n) is 51.2. The molecule has 6 nitrogen and oxygen atoms in total. The second-order valence-corrected chi connectivity index (χ2v) is 31.4. The molecular weight excluding hydrogens is 1180 g/mol. The third-order valence-electron chi connectivity index (χ3n) is 18.7. The molecule has 8 heteroatoms. The van der Waals surface area contributed by atoms with E-state index in [1.165, 1.54) is 41.5 Å². The van der Waals surface area contributed by atoms with Gasteiger partial charge < -0.3 is 18.8 Å². The normalized spacial score (nSPS) is 11.6. The lowest BCUT2D eigenvalue weighted by atomic mass is 10.1. The van der Waals surface area contributed by atoms with Crippen LogP contribution in [0.1, 0.15) is 5.56 Å². The molecule has 0 saturated carbocycles. The molecule has 0 N–H and O–H groups in total. The van der Waals surface area contributed by atoms with Crippen LogP contribution >= 0.6 is 0 Å². The Labute approximate surface area is 548 Å². The van der Waals surface area contributed by atoms with Gasteiger partial charge in [0.1, 0.15) is 11.5 Å². The van der Waals surface area contributed by atoms with Gasteiger partial charge in [-0.3, -0.25) is 0 Å². The first-order valence-electron chi connectivity index (χ1n) is 31.6. The summed E-state index contributed by atoms with van der Waals surface area (Å²) in [5.74, 6) is 1.49. The summed E-state index contributed by atoms with van der Waals surface area (Å²) in [4.78, 5) is 6.17. The van der Waals surface area contributed by atoms with Crippen LogP contribution in [0.15, 0.2) is 358 Å². The van der Waals surface area contributed by atoms with Crippen LogP contribution in [0.4, 0.5) is 22.7 Å². The number of fused-ring (bicyclic) bond motifs is 6. The molecule has 16 aromatic rings. The number of aromatic nitrogens is 2. The van der Waals surface area contributed by atoms with Crippen molar-refractivity contribution < 1.29 is 4.74 Å². The fraction of sp³-hybridized carbons (Fsp3) is 0. The third kappa shape index (κ3) is 9.69. The number of nitrogens with zero attached hydrogens (tertiary/aromatic N) is 5. The van der Waals surface area contributed by atoms with Crippen molar-refractivity contribution in [3.05, 3.63) is 375 Å². The maximum Gasteiger partial charge on any atom is 0.187 e. The van der Waals surface area contributed by atoms with Gasteiger partial charge in [0, 0.05) is 50.0 Å². The van der Waals surface area contributed by atoms with E-state index < -0.39 is 16.1 Å². The highest BCUT2D eigenvalue weighted by Gasteiger charge is 2.43. The molecule has 16 rings (SSSR count). The van der Waals surface area contributed by atoms with E-state index in [1.807, 2.05) is 54.6 Å². The van der Waals surface area contributed by atoms with Crippen LogP contribution in [-0.2, 0) is 0 Å². The van der Waals surface area contributed by atoms with Gasteiger partial charge in [-0.1, -0.05) is 237 Å². The summed E-state index contributed by atoms with van der Waals surface area (Å²) in [6.45, 7) is 7.89. The Kier molecular flexibility index (Phi) is 14.6. The number of nitriles is 1. The van der Waals surface area contributed by atoms with Gasteiger partial charge in [-0.05, 0) is 163 Å². The average molecular weight is 1230 g/mol. The fourth-order valence-electron chi connectivity index (χ4n) is 14.5. The van der Waals surface area contributed by atoms with E-state index in [0.717, 1.165) is 83.5 Å². The highest BCUT2D eigenvalue weighted by atomic mass is 28.3. The van der Waals surface area contributed by atoms with Crippen LogP contribution in [-0.4, -0.2) is 25.3 Å². The standard InChI is InChI=1S/C86H59N5OSi2/c1-88-63-39-43-66(44-40-63)91-84-54-48-68(58-80(84)82-60-78(52-56-86(82)91)94(74-31-17-6-18-32-74,75-33-19-7-20-34-75)76-35-21-8-22-36-76)89(64-45-49-70(50-46-64)92-69-23-9-2-10-24-69)67-47-53-83-79(57-67)81-59-77(51-55-85(81)90(83)65-41-37-62(61-87)38-42-65)93(71-25-11-3-12-26-71,72-27-13-4-14-28-72)73-29-15-5-16-30-73/h2-60H. The van der Waals surface area contributed by atoms with E-state index >= 15 is 0 Å². The molecule has 94 heavy (non-hydrogen) atoms. The Hall–Kier alpha value is -12.3. The summed E-state index contributed by atoms with van der Waals surface area (Å²) < 4.78 is 11.2. The highest BCUT2D eigenvalue weighted by molar-refractivity contribution is 7.20. The number of hydrogen-bond donors (Lipinski definition) is 0. The molecular formula is C86H59N5OSi2. The van der Waals surface area contributed by atoms with Gasteiger partial charge in [-0.15, -0.1) is 0 Å². The Morgan fingerprint density at radius 3 is 0.968 bits per heavy atom. The number of rotatable bonds is 15. The van der Waals surface area contributed by atoms with Gasteiger partial charge in [-0.2, -0.15) is 5.26 Å². The molecule has 2 aromatic heterocycles. The van der Waals surface area contributed by atoms with Crippen molar-refractivity contribution in [2.24, 2.45) is 0 Å². The quantitative estimate of drug-likeness (QED) is 0.0584. The van der Waals surface area contributed by atoms with E-state index in [0.29, 0.717) is 11.3 Å². The van der Waals surface area contributed by atoms with Crippen molar-refractivity contribution in [2.75, 3.05) is 4.90 Å². The van der Waals surface area contributed by atoms with E-state index in [4.69, 9.17) is 11.3 Å². The van der Waals surface area contributed by atoms with E-state index in [-0.39, 0.29) is 0 Å². The average Bonchev–Trinajstić information content (AvgIpc) is 1.51. The zero-order valence-corrected chi connectivity index (χ0v) is 53.2. The van der Waals surface area contributed by atoms with Crippen LogP contribution in [0.25, 0.3) is 59.8 Å². The van der Waals surface area contributed by atoms with Crippen molar-refractivity contribution >= 4 is 124 Å². The first kappa shape index (κ1) is 56.9. The highest BCUT2D eigenvalue weighted by Crippen LogP contribution is 2.43. The summed E-state index contributed by atoms with van der Waals surface area (Å²) >= 11 is 0. The number of ether oxygens (including phenoxy) is 1. The van der Waals surface area contributed by atoms with Crippen molar-refractivity contribution in [3.8, 4) is 28.9 Å². The van der Waals surface area contributed by atoms with Crippen molar-refractivity contribution in [1.29, 1.82) is 5.26 Å². The SMILES string of the molecule is [C-]#[N+]c1ccc(-n2c3ccc(N(c4ccc(Oc5ccccc5)cc4)c4ccc5c(c4)c4cc([Si](c6ccccc6)(c6ccccc6)c6ccccc6)ccc4n5-c4ccc(C#N)cc4)cc3c3cc([Si](c4ccccc4)(c4ccccc4)c4ccccc4)ccc32)cc1. The molecule has 0 bridgehead atoms. The Morgan fingerprint density at radius 1 is 0.309 bits per heavy atom. The van der Waals surface area contributed by atoms with Gasteiger partial charge >= 0.3 is 0 Å². The van der Waals surface area contributed by atoms with Crippen molar-refractivity contribution in [3.63, 3.8) is 0 Å². The Bertz CT molecular complexity index is 5000. The molecule has 0 radical (unpaired) electrons. The molecule has 0 aliphatic carbocycles. The smallest absolute Gasteiger partial charge is 0.187 e. The van der Waals surface area contributed by atoms with E-state index in [9.17, 15) is 5.26 Å². The number of benzene rings is 14. The predicted octanol–water partition coefficient (Wildman–Crippen LogP) is 16.3. The molecule has 0 unspecified atom stereocenters. The molecule has 442 valence electrons. The van der Waals surface area contributed by atoms with Crippen molar-refractivity contribution in [1.82, 2.24) is 9.13 Å². The Morgan fingerprint density at radius 2 is 0.617 bits per heavy atom. The van der Waals surface area contributed by atoms with Crippen LogP contribution in [0, 0.1) is 17.9 Å². The largest absolute Gasteiger partial charge is 0.457 e. The molecule has 0 amide bonds. The summed E-state index contributed by atoms with van der Waals surface area (Å²) in [7, 11) is -5.98. The first-order chi connectivity index (χ1) is 46.5. The Balaban J connectivity index is 0.965. The van der Waals surface area contributed by atoms with Crippen LogP contribution < -0.4 is 51.1 Å². The predicted molar refractivity (Wildman–Crippen MR) is 395 cm³/mol. The third-order valence-corrected chi connectivity index (χ3v) is 28.2. The van der Waals surface area contributed by atoms with Crippen LogP contribution in [0.2, 0.25) is 0 Å². The number of anilines is 3. The number of hydrogen-bond acceptors (Lipinski definition) is 3. The molecule has 0 aliphatic heterocycles. The molecule has 0 atom stereocenters. The van der Waals surface area contributed by atoms with E-state index in [2.05, 4.69) is 328 Å². The maximum atomic E-state index is 10.0. The minimum absolute atomic E-state index is 0.590. The molecule has 0 aliphatic rings. The zero-order chi connectivity index (χ0) is 63.0. The van der Waals surface area contributed by atoms with Crippen LogP contribution in [0.5, 0.6) is 11.5 Å². The summed E-state index contributed by atoms with van der Waals surface area (Å²) in [5, 5.41) is 24.7. The summed E-state index contributed by atoms with van der Waals surface area (Å²) in [6.07, 6.45) is 0. The summed E-state index contributed by atoms with van der Waals surface area (Å²) in [5.41, 5.74) is 10.2. The van der Waals surface area contributed by atoms with Gasteiger partial charge in [0.25, 0.3) is 0 Å². The van der Waals surface area contributed by atoms with E-state index in [1.54, 1.807) is 0 Å². The van der Waals surface area contributed by atoms with Gasteiger partial charge in [0.2, 0.25) is 0 Å². The molecule has 2 heterocycles. The lowest BCUT2D eigenvalue weighted by molar-refractivity contribution is 0.483. The number of para-hydroxylation sites is 1. The maximum absolute atomic E-state index is 10.0.